The second-order valence-corrected chi connectivity index (χ2v) is 8.30. The summed E-state index contributed by atoms with van der Waals surface area (Å²) in [6, 6.07) is 10.8. The summed E-state index contributed by atoms with van der Waals surface area (Å²) < 4.78 is 32.9. The lowest BCUT2D eigenvalue weighted by molar-refractivity contribution is 0.227. The Bertz CT molecular complexity index is 815. The minimum Gasteiger partial charge on any atom is -0.497 e. The molecule has 1 saturated heterocycles. The van der Waals surface area contributed by atoms with Gasteiger partial charge in [-0.3, -0.25) is 0 Å². The molecule has 0 unspecified atom stereocenters. The lowest BCUT2D eigenvalue weighted by atomic mass is 10.1. The molecule has 3 rings (SSSR count). The van der Waals surface area contributed by atoms with Crippen LogP contribution in [0.4, 0.5) is 0 Å². The fraction of sp³-hybridized carbons (Fsp3) is 0.474. The van der Waals surface area contributed by atoms with Gasteiger partial charge in [-0.05, 0) is 73.9 Å². The van der Waals surface area contributed by atoms with Crippen molar-refractivity contribution in [1.82, 2.24) is 9.62 Å². The number of hydrogen-bond acceptors (Lipinski definition) is 4. The van der Waals surface area contributed by atoms with Gasteiger partial charge in [0.2, 0.25) is 10.0 Å². The van der Waals surface area contributed by atoms with Gasteiger partial charge in [0.15, 0.2) is 0 Å². The Morgan fingerprint density at radius 2 is 1.76 bits per heavy atom. The third-order valence-electron chi connectivity index (χ3n) is 4.72. The summed E-state index contributed by atoms with van der Waals surface area (Å²) in [5.74, 6) is 0.763. The van der Waals surface area contributed by atoms with Crippen LogP contribution in [0.2, 0.25) is 0 Å². The molecular weight excluding hydrogens is 336 g/mol. The van der Waals surface area contributed by atoms with E-state index in [0.717, 1.165) is 42.6 Å². The summed E-state index contributed by atoms with van der Waals surface area (Å²) >= 11 is 0. The molecule has 5 nitrogen and oxygen atoms in total. The fourth-order valence-electron chi connectivity index (χ4n) is 3.27. The van der Waals surface area contributed by atoms with Crippen LogP contribution in [0.5, 0.6) is 5.75 Å². The molecule has 1 N–H and O–H groups in total. The minimum absolute atomic E-state index is 0.308. The highest BCUT2D eigenvalue weighted by Gasteiger charge is 2.15. The van der Waals surface area contributed by atoms with Crippen molar-refractivity contribution in [3.63, 3.8) is 0 Å². The number of ether oxygens (including phenoxy) is 1. The maximum Gasteiger partial charge on any atom is 0.240 e. The number of nitrogens with one attached hydrogen (secondary N) is 1. The predicted octanol–water partition coefficient (Wildman–Crippen LogP) is 3.00. The second kappa shape index (κ2) is 8.17. The third-order valence-corrected chi connectivity index (χ3v) is 6.18. The van der Waals surface area contributed by atoms with E-state index in [1.807, 2.05) is 24.3 Å². The van der Waals surface area contributed by atoms with Crippen molar-refractivity contribution < 1.29 is 13.2 Å². The van der Waals surface area contributed by atoms with Crippen LogP contribution in [-0.2, 0) is 10.0 Å². The van der Waals surface area contributed by atoms with Crippen LogP contribution in [0.3, 0.4) is 0 Å². The van der Waals surface area contributed by atoms with E-state index in [0.29, 0.717) is 11.4 Å². The number of methoxy groups -OCH3 is 1. The van der Waals surface area contributed by atoms with Crippen molar-refractivity contribution in [1.29, 1.82) is 0 Å². The van der Waals surface area contributed by atoms with Crippen molar-refractivity contribution in [3.8, 4) is 5.75 Å². The standard InChI is InChI=1S/C19H26N2O3S/c1-24-18-8-6-17-15-19(9-7-16(17)14-18)25(22,23)20-10-5-13-21-11-3-2-4-12-21/h6-9,14-15,20H,2-5,10-13H2,1H3. The molecule has 1 aliphatic heterocycles. The number of piperidine rings is 1. The van der Waals surface area contributed by atoms with E-state index in [-0.39, 0.29) is 0 Å². The molecule has 0 aromatic heterocycles. The molecule has 0 atom stereocenters. The Kier molecular flexibility index (Phi) is 5.93. The van der Waals surface area contributed by atoms with Gasteiger partial charge in [0.05, 0.1) is 12.0 Å². The van der Waals surface area contributed by atoms with Gasteiger partial charge in [-0.1, -0.05) is 18.6 Å². The summed E-state index contributed by atoms with van der Waals surface area (Å²) in [7, 11) is -1.85. The molecule has 1 heterocycles. The van der Waals surface area contributed by atoms with E-state index in [1.54, 1.807) is 19.2 Å². The zero-order valence-electron chi connectivity index (χ0n) is 14.7. The zero-order chi connectivity index (χ0) is 17.7. The van der Waals surface area contributed by atoms with E-state index in [4.69, 9.17) is 4.74 Å². The molecule has 25 heavy (non-hydrogen) atoms. The Balaban J connectivity index is 1.60. The topological polar surface area (TPSA) is 58.6 Å². The third kappa shape index (κ3) is 4.71. The first-order valence-electron chi connectivity index (χ1n) is 8.88. The lowest BCUT2D eigenvalue weighted by Gasteiger charge is -2.26. The molecule has 0 bridgehead atoms. The Labute approximate surface area is 150 Å². The monoisotopic (exact) mass is 362 g/mol. The SMILES string of the molecule is COc1ccc2cc(S(=O)(=O)NCCCN3CCCCC3)ccc2c1. The molecule has 1 fully saturated rings. The highest BCUT2D eigenvalue weighted by Crippen LogP contribution is 2.23. The zero-order valence-corrected chi connectivity index (χ0v) is 15.5. The van der Waals surface area contributed by atoms with Crippen LogP contribution >= 0.6 is 0 Å². The number of fused-ring (bicyclic) bond motifs is 1. The van der Waals surface area contributed by atoms with E-state index >= 15 is 0 Å². The Morgan fingerprint density at radius 3 is 2.52 bits per heavy atom. The highest BCUT2D eigenvalue weighted by molar-refractivity contribution is 7.89. The quantitative estimate of drug-likeness (QED) is 0.769. The molecule has 0 saturated carbocycles. The van der Waals surface area contributed by atoms with Crippen LogP contribution in [0.1, 0.15) is 25.7 Å². The smallest absolute Gasteiger partial charge is 0.240 e. The van der Waals surface area contributed by atoms with Crippen molar-refractivity contribution >= 4 is 20.8 Å². The molecule has 0 radical (unpaired) electrons. The van der Waals surface area contributed by atoms with Crippen molar-refractivity contribution in [2.24, 2.45) is 0 Å². The first-order chi connectivity index (χ1) is 12.1. The minimum atomic E-state index is -3.47. The van der Waals surface area contributed by atoms with Gasteiger partial charge in [0.1, 0.15) is 5.75 Å². The van der Waals surface area contributed by atoms with E-state index in [1.165, 1.54) is 19.3 Å². The number of hydrogen-bond donors (Lipinski definition) is 1. The first kappa shape index (κ1) is 18.2. The summed E-state index contributed by atoms with van der Waals surface area (Å²) in [6.45, 7) is 3.71. The number of sulfonamides is 1. The molecule has 0 spiro atoms. The summed E-state index contributed by atoms with van der Waals surface area (Å²) in [5.41, 5.74) is 0. The summed E-state index contributed by atoms with van der Waals surface area (Å²) in [5, 5.41) is 1.85. The van der Waals surface area contributed by atoms with Crippen LogP contribution in [-0.4, -0.2) is 46.6 Å². The second-order valence-electron chi connectivity index (χ2n) is 6.53. The van der Waals surface area contributed by atoms with Gasteiger partial charge in [-0.25, -0.2) is 13.1 Å². The summed E-state index contributed by atoms with van der Waals surface area (Å²) in [4.78, 5) is 2.73. The molecule has 6 heteroatoms. The number of likely N-dealkylation sites (tertiary alicyclic amines) is 1. The predicted molar refractivity (Wildman–Crippen MR) is 101 cm³/mol. The molecule has 136 valence electrons. The van der Waals surface area contributed by atoms with Crippen LogP contribution < -0.4 is 9.46 Å². The lowest BCUT2D eigenvalue weighted by Crippen LogP contribution is -2.33. The van der Waals surface area contributed by atoms with Gasteiger partial charge < -0.3 is 9.64 Å². The Hall–Kier alpha value is -1.63. The number of rotatable bonds is 7. The van der Waals surface area contributed by atoms with Crippen LogP contribution in [0, 0.1) is 0 Å². The maximum absolute atomic E-state index is 12.5. The van der Waals surface area contributed by atoms with E-state index < -0.39 is 10.0 Å². The van der Waals surface area contributed by atoms with Gasteiger partial charge >= 0.3 is 0 Å². The number of nitrogens with zero attached hydrogens (tertiary/aromatic N) is 1. The van der Waals surface area contributed by atoms with Crippen molar-refractivity contribution in [2.75, 3.05) is 33.3 Å². The molecule has 1 aliphatic rings. The van der Waals surface area contributed by atoms with Crippen molar-refractivity contribution in [2.45, 2.75) is 30.6 Å². The van der Waals surface area contributed by atoms with E-state index in [2.05, 4.69) is 9.62 Å². The molecule has 2 aromatic carbocycles. The average Bonchev–Trinajstić information content (AvgIpc) is 2.65. The average molecular weight is 362 g/mol. The van der Waals surface area contributed by atoms with Crippen LogP contribution in [0.25, 0.3) is 10.8 Å². The largest absolute Gasteiger partial charge is 0.497 e. The Morgan fingerprint density at radius 1 is 1.04 bits per heavy atom. The van der Waals surface area contributed by atoms with Gasteiger partial charge in [-0.15, -0.1) is 0 Å². The first-order valence-corrected chi connectivity index (χ1v) is 10.4. The van der Waals surface area contributed by atoms with Gasteiger partial charge in [-0.2, -0.15) is 0 Å². The summed E-state index contributed by atoms with van der Waals surface area (Å²) in [6.07, 6.45) is 4.67. The molecule has 2 aromatic rings. The van der Waals surface area contributed by atoms with Gasteiger partial charge in [0.25, 0.3) is 0 Å². The normalized spacial score (nSPS) is 16.2. The number of benzene rings is 2. The van der Waals surface area contributed by atoms with Gasteiger partial charge in [0, 0.05) is 6.54 Å². The van der Waals surface area contributed by atoms with Crippen LogP contribution in [0.15, 0.2) is 41.3 Å². The highest BCUT2D eigenvalue weighted by atomic mass is 32.2. The maximum atomic E-state index is 12.5. The molecular formula is C19H26N2O3S. The molecule has 0 aliphatic carbocycles. The van der Waals surface area contributed by atoms with E-state index in [9.17, 15) is 8.42 Å². The van der Waals surface area contributed by atoms with Crippen molar-refractivity contribution in [3.05, 3.63) is 36.4 Å². The fourth-order valence-corrected chi connectivity index (χ4v) is 4.38. The molecule has 0 amide bonds.